The molecule has 1 atom stereocenters. The minimum atomic E-state index is -0.223. The third-order valence-corrected chi connectivity index (χ3v) is 5.80. The molecule has 3 rings (SSSR count). The standard InChI is InChI=1S/C22H34N4O2/c1-17-7-5-8-18(15-17)22(2,3)16-24-21(23-4)26-12-10-25(11-13-26)20(27)19-9-6-14-28-19/h5,7-8,15,19H,6,9-14,16H2,1-4H3,(H,23,24). The summed E-state index contributed by atoms with van der Waals surface area (Å²) in [6, 6.07) is 8.68. The number of guanidine groups is 1. The predicted molar refractivity (Wildman–Crippen MR) is 113 cm³/mol. The Labute approximate surface area is 168 Å². The number of nitrogens with one attached hydrogen (secondary N) is 1. The lowest BCUT2D eigenvalue weighted by atomic mass is 9.84. The Bertz CT molecular complexity index is 702. The first-order valence-electron chi connectivity index (χ1n) is 10.3. The maximum atomic E-state index is 12.5. The molecule has 2 fully saturated rings. The first-order valence-corrected chi connectivity index (χ1v) is 10.3. The van der Waals surface area contributed by atoms with E-state index in [-0.39, 0.29) is 17.4 Å². The van der Waals surface area contributed by atoms with Crippen molar-refractivity contribution < 1.29 is 9.53 Å². The van der Waals surface area contributed by atoms with Gasteiger partial charge < -0.3 is 19.9 Å². The largest absolute Gasteiger partial charge is 0.368 e. The highest BCUT2D eigenvalue weighted by Gasteiger charge is 2.31. The van der Waals surface area contributed by atoms with Gasteiger partial charge in [-0.3, -0.25) is 9.79 Å². The number of amides is 1. The van der Waals surface area contributed by atoms with E-state index in [0.29, 0.717) is 6.61 Å². The van der Waals surface area contributed by atoms with Crippen molar-refractivity contribution in [2.75, 3.05) is 46.4 Å². The molecule has 1 aromatic rings. The van der Waals surface area contributed by atoms with Crippen molar-refractivity contribution in [2.24, 2.45) is 4.99 Å². The number of carbonyl (C=O) groups is 1. The van der Waals surface area contributed by atoms with Crippen LogP contribution in [0.25, 0.3) is 0 Å². The van der Waals surface area contributed by atoms with E-state index in [4.69, 9.17) is 4.74 Å². The molecule has 1 aromatic carbocycles. The fourth-order valence-electron chi connectivity index (χ4n) is 3.92. The van der Waals surface area contributed by atoms with E-state index in [2.05, 4.69) is 60.2 Å². The van der Waals surface area contributed by atoms with Gasteiger partial charge in [0.05, 0.1) is 0 Å². The normalized spacial score (nSPS) is 21.1. The van der Waals surface area contributed by atoms with Crippen LogP contribution in [0.15, 0.2) is 29.3 Å². The number of carbonyl (C=O) groups excluding carboxylic acids is 1. The third-order valence-electron chi connectivity index (χ3n) is 5.80. The number of hydrogen-bond acceptors (Lipinski definition) is 3. The van der Waals surface area contributed by atoms with Crippen LogP contribution in [0.1, 0.15) is 37.8 Å². The molecular weight excluding hydrogens is 352 g/mol. The van der Waals surface area contributed by atoms with Gasteiger partial charge in [-0.05, 0) is 25.3 Å². The molecule has 0 aliphatic carbocycles. The molecule has 154 valence electrons. The van der Waals surface area contributed by atoms with Crippen molar-refractivity contribution in [1.82, 2.24) is 15.1 Å². The Balaban J connectivity index is 1.52. The summed E-state index contributed by atoms with van der Waals surface area (Å²) in [4.78, 5) is 21.2. The lowest BCUT2D eigenvalue weighted by Crippen LogP contribution is -2.56. The minimum absolute atomic E-state index is 0.000436. The van der Waals surface area contributed by atoms with Gasteiger partial charge in [0.2, 0.25) is 0 Å². The summed E-state index contributed by atoms with van der Waals surface area (Å²) in [5, 5.41) is 3.54. The van der Waals surface area contributed by atoms with Crippen LogP contribution < -0.4 is 5.32 Å². The molecular formula is C22H34N4O2. The average Bonchev–Trinajstić information content (AvgIpc) is 3.23. The second-order valence-electron chi connectivity index (χ2n) is 8.47. The summed E-state index contributed by atoms with van der Waals surface area (Å²) in [6.45, 7) is 11.2. The molecule has 2 aliphatic rings. The van der Waals surface area contributed by atoms with Crippen LogP contribution in [-0.4, -0.2) is 74.1 Å². The van der Waals surface area contributed by atoms with Crippen molar-refractivity contribution in [3.05, 3.63) is 35.4 Å². The van der Waals surface area contributed by atoms with Crippen LogP contribution in [0.2, 0.25) is 0 Å². The maximum absolute atomic E-state index is 12.5. The molecule has 1 N–H and O–H groups in total. The fourth-order valence-corrected chi connectivity index (χ4v) is 3.92. The van der Waals surface area contributed by atoms with Gasteiger partial charge in [-0.2, -0.15) is 0 Å². The van der Waals surface area contributed by atoms with E-state index >= 15 is 0 Å². The third kappa shape index (κ3) is 4.85. The number of piperazine rings is 1. The Morgan fingerprint density at radius 3 is 2.57 bits per heavy atom. The molecule has 28 heavy (non-hydrogen) atoms. The van der Waals surface area contributed by atoms with Gasteiger partial charge in [0, 0.05) is 51.8 Å². The van der Waals surface area contributed by atoms with Crippen LogP contribution >= 0.6 is 0 Å². The van der Waals surface area contributed by atoms with E-state index in [1.807, 2.05) is 11.9 Å². The van der Waals surface area contributed by atoms with E-state index < -0.39 is 0 Å². The molecule has 1 unspecified atom stereocenters. The lowest BCUT2D eigenvalue weighted by Gasteiger charge is -2.38. The zero-order valence-electron chi connectivity index (χ0n) is 17.7. The summed E-state index contributed by atoms with van der Waals surface area (Å²) >= 11 is 0. The molecule has 2 aliphatic heterocycles. The quantitative estimate of drug-likeness (QED) is 0.637. The monoisotopic (exact) mass is 386 g/mol. The molecule has 0 aromatic heterocycles. The number of hydrogen-bond donors (Lipinski definition) is 1. The van der Waals surface area contributed by atoms with Crippen molar-refractivity contribution in [2.45, 2.75) is 45.1 Å². The fraction of sp³-hybridized carbons (Fsp3) is 0.636. The van der Waals surface area contributed by atoms with Crippen LogP contribution in [0.5, 0.6) is 0 Å². The molecule has 6 nitrogen and oxygen atoms in total. The first-order chi connectivity index (χ1) is 13.4. The Kier molecular flexibility index (Phi) is 6.60. The Morgan fingerprint density at radius 2 is 1.96 bits per heavy atom. The predicted octanol–water partition coefficient (Wildman–Crippen LogP) is 2.17. The highest BCUT2D eigenvalue weighted by Crippen LogP contribution is 2.23. The average molecular weight is 387 g/mol. The zero-order chi connectivity index (χ0) is 20.1. The highest BCUT2D eigenvalue weighted by molar-refractivity contribution is 5.82. The molecule has 0 bridgehead atoms. The number of benzene rings is 1. The number of nitrogens with zero attached hydrogens (tertiary/aromatic N) is 3. The first kappa shape index (κ1) is 20.6. The van der Waals surface area contributed by atoms with Gasteiger partial charge in [-0.15, -0.1) is 0 Å². The summed E-state index contributed by atoms with van der Waals surface area (Å²) in [6.07, 6.45) is 1.62. The van der Waals surface area contributed by atoms with Gasteiger partial charge in [0.25, 0.3) is 5.91 Å². The van der Waals surface area contributed by atoms with Gasteiger partial charge in [-0.25, -0.2) is 0 Å². The van der Waals surface area contributed by atoms with Crippen molar-refractivity contribution in [3.8, 4) is 0 Å². The topological polar surface area (TPSA) is 57.2 Å². The molecule has 6 heteroatoms. The van der Waals surface area contributed by atoms with Crippen LogP contribution in [-0.2, 0) is 14.9 Å². The van der Waals surface area contributed by atoms with Gasteiger partial charge in [-0.1, -0.05) is 43.7 Å². The van der Waals surface area contributed by atoms with E-state index in [1.54, 1.807) is 0 Å². The smallest absolute Gasteiger partial charge is 0.251 e. The summed E-state index contributed by atoms with van der Waals surface area (Å²) in [5.74, 6) is 1.06. The number of aryl methyl sites for hydroxylation is 1. The summed E-state index contributed by atoms with van der Waals surface area (Å²) in [5.41, 5.74) is 2.60. The SMILES string of the molecule is CN=C(NCC(C)(C)c1cccc(C)c1)N1CCN(C(=O)C2CCCO2)CC1. The van der Waals surface area contributed by atoms with E-state index in [1.165, 1.54) is 11.1 Å². The van der Waals surface area contributed by atoms with Crippen molar-refractivity contribution >= 4 is 11.9 Å². The minimum Gasteiger partial charge on any atom is -0.368 e. The maximum Gasteiger partial charge on any atom is 0.251 e. The highest BCUT2D eigenvalue weighted by atomic mass is 16.5. The molecule has 0 saturated carbocycles. The summed E-state index contributed by atoms with van der Waals surface area (Å²) in [7, 11) is 1.83. The molecule has 0 radical (unpaired) electrons. The lowest BCUT2D eigenvalue weighted by molar-refractivity contribution is -0.142. The Morgan fingerprint density at radius 1 is 1.25 bits per heavy atom. The number of aliphatic imine (C=N–C) groups is 1. The van der Waals surface area contributed by atoms with Crippen LogP contribution in [0, 0.1) is 6.92 Å². The van der Waals surface area contributed by atoms with E-state index in [0.717, 1.165) is 51.5 Å². The molecule has 1 amide bonds. The van der Waals surface area contributed by atoms with Crippen LogP contribution in [0.4, 0.5) is 0 Å². The summed E-state index contributed by atoms with van der Waals surface area (Å²) < 4.78 is 5.55. The van der Waals surface area contributed by atoms with Crippen molar-refractivity contribution in [3.63, 3.8) is 0 Å². The van der Waals surface area contributed by atoms with Crippen LogP contribution in [0.3, 0.4) is 0 Å². The molecule has 2 heterocycles. The molecule has 2 saturated heterocycles. The van der Waals surface area contributed by atoms with Gasteiger partial charge in [0.1, 0.15) is 6.10 Å². The number of rotatable bonds is 4. The van der Waals surface area contributed by atoms with Gasteiger partial charge in [0.15, 0.2) is 5.96 Å². The van der Waals surface area contributed by atoms with Gasteiger partial charge >= 0.3 is 0 Å². The van der Waals surface area contributed by atoms with Crippen molar-refractivity contribution in [1.29, 1.82) is 0 Å². The zero-order valence-corrected chi connectivity index (χ0v) is 17.7. The Hall–Kier alpha value is -2.08. The second kappa shape index (κ2) is 8.95. The van der Waals surface area contributed by atoms with E-state index in [9.17, 15) is 4.79 Å². The molecule has 0 spiro atoms. The second-order valence-corrected chi connectivity index (χ2v) is 8.47. The number of ether oxygens (including phenoxy) is 1.